The fourth-order valence-corrected chi connectivity index (χ4v) is 3.14. The van der Waals surface area contributed by atoms with Crippen LogP contribution in [0.5, 0.6) is 5.75 Å². The molecule has 9 nitrogen and oxygen atoms in total. The van der Waals surface area contributed by atoms with Crippen molar-refractivity contribution in [2.75, 3.05) is 37.6 Å². The van der Waals surface area contributed by atoms with Gasteiger partial charge in [-0.2, -0.15) is 0 Å². The van der Waals surface area contributed by atoms with Crippen molar-refractivity contribution in [2.45, 2.75) is 13.0 Å². The second kappa shape index (κ2) is 9.14. The number of piperazine rings is 1. The van der Waals surface area contributed by atoms with Crippen LogP contribution in [0.3, 0.4) is 0 Å². The van der Waals surface area contributed by atoms with Crippen LogP contribution in [0, 0.1) is 10.1 Å². The monoisotopic (exact) mass is 385 g/mol. The molecule has 1 aliphatic rings. The van der Waals surface area contributed by atoms with Crippen LogP contribution >= 0.6 is 0 Å². The van der Waals surface area contributed by atoms with Crippen LogP contribution in [0.4, 0.5) is 11.5 Å². The van der Waals surface area contributed by atoms with Crippen LogP contribution in [0.2, 0.25) is 0 Å². The largest absolute Gasteiger partial charge is 0.502 e. The van der Waals surface area contributed by atoms with Crippen molar-refractivity contribution < 1.29 is 14.8 Å². The molecule has 0 aliphatic carbocycles. The van der Waals surface area contributed by atoms with Crippen molar-refractivity contribution in [3.8, 4) is 5.75 Å². The lowest BCUT2D eigenvalue weighted by Gasteiger charge is -2.35. The second-order valence-electron chi connectivity index (χ2n) is 6.56. The van der Waals surface area contributed by atoms with E-state index in [-0.39, 0.29) is 17.3 Å². The highest BCUT2D eigenvalue weighted by Crippen LogP contribution is 2.26. The Labute approximate surface area is 162 Å². The average molecular weight is 385 g/mol. The summed E-state index contributed by atoms with van der Waals surface area (Å²) in [5.74, 6) is 0.665. The van der Waals surface area contributed by atoms with Gasteiger partial charge in [0.15, 0.2) is 5.75 Å². The van der Waals surface area contributed by atoms with Crippen LogP contribution in [0.25, 0.3) is 0 Å². The Morgan fingerprint density at radius 1 is 1.21 bits per heavy atom. The van der Waals surface area contributed by atoms with Crippen molar-refractivity contribution in [3.05, 3.63) is 58.3 Å². The molecule has 1 saturated heterocycles. The van der Waals surface area contributed by atoms with Gasteiger partial charge in [-0.05, 0) is 23.8 Å². The smallest absolute Gasteiger partial charge is 0.311 e. The lowest BCUT2D eigenvalue weighted by molar-refractivity contribution is -0.385. The fourth-order valence-electron chi connectivity index (χ4n) is 3.14. The number of hydrogen-bond donors (Lipinski definition) is 2. The number of phenols is 1. The van der Waals surface area contributed by atoms with Crippen molar-refractivity contribution in [2.24, 2.45) is 0 Å². The summed E-state index contributed by atoms with van der Waals surface area (Å²) in [6.45, 7) is 3.72. The van der Waals surface area contributed by atoms with Crippen molar-refractivity contribution in [1.82, 2.24) is 15.2 Å². The predicted molar refractivity (Wildman–Crippen MR) is 104 cm³/mol. The molecule has 0 bridgehead atoms. The number of phenolic OH excluding ortho intramolecular Hbond substituents is 1. The molecule has 1 aromatic carbocycles. The first-order valence-corrected chi connectivity index (χ1v) is 9.15. The molecule has 3 rings (SSSR count). The van der Waals surface area contributed by atoms with Crippen LogP contribution in [-0.4, -0.2) is 58.5 Å². The van der Waals surface area contributed by atoms with Gasteiger partial charge in [-0.3, -0.25) is 14.9 Å². The van der Waals surface area contributed by atoms with Gasteiger partial charge in [-0.1, -0.05) is 12.1 Å². The Hall–Kier alpha value is -3.20. The molecule has 148 valence electrons. The summed E-state index contributed by atoms with van der Waals surface area (Å²) in [7, 11) is 0. The van der Waals surface area contributed by atoms with Crippen molar-refractivity contribution in [3.63, 3.8) is 0 Å². The molecule has 1 aliphatic heterocycles. The number of nitro benzene ring substituents is 1. The first-order valence-electron chi connectivity index (χ1n) is 9.15. The quantitative estimate of drug-likeness (QED) is 0.422. The number of hydrogen-bond acceptors (Lipinski definition) is 7. The molecule has 9 heteroatoms. The summed E-state index contributed by atoms with van der Waals surface area (Å²) >= 11 is 0. The number of carbonyl (C=O) groups excluding carboxylic acids is 1. The summed E-state index contributed by atoms with van der Waals surface area (Å²) < 4.78 is 0. The van der Waals surface area contributed by atoms with Gasteiger partial charge in [-0.25, -0.2) is 4.98 Å². The zero-order chi connectivity index (χ0) is 19.9. The molecule has 0 radical (unpaired) electrons. The third-order valence-electron chi connectivity index (χ3n) is 4.69. The van der Waals surface area contributed by atoms with Gasteiger partial charge in [0.1, 0.15) is 5.82 Å². The molecule has 0 saturated carbocycles. The van der Waals surface area contributed by atoms with Gasteiger partial charge in [0.2, 0.25) is 5.91 Å². The number of carbonyl (C=O) groups is 1. The summed E-state index contributed by atoms with van der Waals surface area (Å²) in [6, 6.07) is 10.1. The normalized spacial score (nSPS) is 14.1. The number of benzene rings is 1. The molecule has 2 heterocycles. The number of pyridine rings is 1. The number of nitrogens with one attached hydrogen (secondary N) is 1. The van der Waals surface area contributed by atoms with Crippen molar-refractivity contribution >= 4 is 17.4 Å². The van der Waals surface area contributed by atoms with Crippen LogP contribution in [-0.2, 0) is 11.3 Å². The first kappa shape index (κ1) is 19.6. The number of nitro groups is 1. The minimum atomic E-state index is -0.618. The van der Waals surface area contributed by atoms with Crippen molar-refractivity contribution in [1.29, 1.82) is 0 Å². The van der Waals surface area contributed by atoms with E-state index < -0.39 is 4.92 Å². The van der Waals surface area contributed by atoms with E-state index in [2.05, 4.69) is 15.2 Å². The van der Waals surface area contributed by atoms with Crippen LogP contribution < -0.4 is 10.2 Å². The molecule has 0 spiro atoms. The zero-order valence-corrected chi connectivity index (χ0v) is 15.5. The Bertz CT molecular complexity index is 822. The number of rotatable bonds is 7. The average Bonchev–Trinajstić information content (AvgIpc) is 2.72. The zero-order valence-electron chi connectivity index (χ0n) is 15.5. The Balaban J connectivity index is 1.39. The maximum Gasteiger partial charge on any atom is 0.311 e. The number of amides is 1. The van der Waals surface area contributed by atoms with E-state index in [0.29, 0.717) is 38.2 Å². The van der Waals surface area contributed by atoms with Gasteiger partial charge < -0.3 is 20.2 Å². The minimum absolute atomic E-state index is 0.0878. The standard InChI is InChI=1S/C19H23N5O4/c25-17-5-4-15(13-16(17)24(27)28)14-20-8-6-19(26)23-11-9-22(10-12-23)18-3-1-2-7-21-18/h1-5,7,13,20,25H,6,8-12,14H2. The molecule has 28 heavy (non-hydrogen) atoms. The SMILES string of the molecule is O=C(CCNCc1ccc(O)c([N+](=O)[O-])c1)N1CCN(c2ccccn2)CC1. The third kappa shape index (κ3) is 4.95. The number of anilines is 1. The van der Waals surface area contributed by atoms with Gasteiger partial charge in [-0.15, -0.1) is 0 Å². The fraction of sp³-hybridized carbons (Fsp3) is 0.368. The second-order valence-corrected chi connectivity index (χ2v) is 6.56. The van der Waals surface area contributed by atoms with E-state index in [9.17, 15) is 20.0 Å². The summed E-state index contributed by atoms with van der Waals surface area (Å²) in [6.07, 6.45) is 2.13. The maximum absolute atomic E-state index is 12.4. The molecule has 1 amide bonds. The lowest BCUT2D eigenvalue weighted by atomic mass is 10.2. The summed E-state index contributed by atoms with van der Waals surface area (Å²) in [5.41, 5.74) is 0.363. The Morgan fingerprint density at radius 2 is 2.00 bits per heavy atom. The van der Waals surface area contributed by atoms with E-state index >= 15 is 0 Å². The number of aromatic nitrogens is 1. The summed E-state index contributed by atoms with van der Waals surface area (Å²) in [5, 5.41) is 23.4. The Morgan fingerprint density at radius 3 is 2.68 bits per heavy atom. The highest BCUT2D eigenvalue weighted by molar-refractivity contribution is 5.76. The molecule has 1 fully saturated rings. The maximum atomic E-state index is 12.4. The molecular formula is C19H23N5O4. The van der Waals surface area contributed by atoms with Crippen LogP contribution in [0.15, 0.2) is 42.6 Å². The van der Waals surface area contributed by atoms with E-state index in [4.69, 9.17) is 0 Å². The number of nitrogens with zero attached hydrogens (tertiary/aromatic N) is 4. The van der Waals surface area contributed by atoms with Crippen LogP contribution in [0.1, 0.15) is 12.0 Å². The lowest BCUT2D eigenvalue weighted by Crippen LogP contribution is -2.49. The topological polar surface area (TPSA) is 112 Å². The van der Waals surface area contributed by atoms with E-state index in [1.807, 2.05) is 23.1 Å². The van der Waals surface area contributed by atoms with Gasteiger partial charge in [0.25, 0.3) is 0 Å². The molecule has 2 N–H and O–H groups in total. The van der Waals surface area contributed by atoms with E-state index in [1.165, 1.54) is 12.1 Å². The van der Waals surface area contributed by atoms with E-state index in [0.717, 1.165) is 18.9 Å². The highest BCUT2D eigenvalue weighted by atomic mass is 16.6. The van der Waals surface area contributed by atoms with Gasteiger partial charge in [0, 0.05) is 58.0 Å². The summed E-state index contributed by atoms with van der Waals surface area (Å²) in [4.78, 5) is 31.0. The Kier molecular flexibility index (Phi) is 6.38. The predicted octanol–water partition coefficient (Wildman–Crippen LogP) is 1.52. The van der Waals surface area contributed by atoms with Gasteiger partial charge >= 0.3 is 5.69 Å². The molecule has 1 aromatic heterocycles. The van der Waals surface area contributed by atoms with Gasteiger partial charge in [0.05, 0.1) is 4.92 Å². The third-order valence-corrected chi connectivity index (χ3v) is 4.69. The highest BCUT2D eigenvalue weighted by Gasteiger charge is 2.21. The molecular weight excluding hydrogens is 362 g/mol. The minimum Gasteiger partial charge on any atom is -0.502 e. The number of aromatic hydroxyl groups is 1. The molecule has 0 unspecified atom stereocenters. The first-order chi connectivity index (χ1) is 13.5. The molecule has 0 atom stereocenters. The molecule has 2 aromatic rings. The van der Waals surface area contributed by atoms with E-state index in [1.54, 1.807) is 12.3 Å².